The minimum atomic E-state index is -0.0458. The molecule has 0 radical (unpaired) electrons. The van der Waals surface area contributed by atoms with Crippen LogP contribution in [-0.4, -0.2) is 27.6 Å². The van der Waals surface area contributed by atoms with Crippen molar-refractivity contribution < 1.29 is 0 Å². The summed E-state index contributed by atoms with van der Waals surface area (Å²) < 4.78 is 1.65. The highest BCUT2D eigenvalue weighted by Crippen LogP contribution is 2.23. The fourth-order valence-corrected chi connectivity index (χ4v) is 3.47. The number of fused-ring (bicyclic) bond motifs is 1. The molecule has 1 aliphatic rings. The Morgan fingerprint density at radius 1 is 1.04 bits per heavy atom. The number of rotatable bonds is 4. The van der Waals surface area contributed by atoms with Crippen molar-refractivity contribution in [3.8, 4) is 0 Å². The molecule has 3 heterocycles. The van der Waals surface area contributed by atoms with Gasteiger partial charge in [-0.1, -0.05) is 0 Å². The van der Waals surface area contributed by atoms with Crippen LogP contribution >= 0.6 is 0 Å². The molecule has 26 heavy (non-hydrogen) atoms. The van der Waals surface area contributed by atoms with Crippen LogP contribution in [0.15, 0.2) is 47.4 Å². The highest BCUT2D eigenvalue weighted by Gasteiger charge is 2.11. The lowest BCUT2D eigenvalue weighted by Gasteiger charge is -2.28. The Hall–Kier alpha value is -2.89. The highest BCUT2D eigenvalue weighted by atomic mass is 16.1. The Labute approximate surface area is 152 Å². The van der Waals surface area contributed by atoms with Crippen molar-refractivity contribution in [2.45, 2.75) is 32.7 Å². The predicted octanol–water partition coefficient (Wildman–Crippen LogP) is 3.55. The summed E-state index contributed by atoms with van der Waals surface area (Å²) >= 11 is 0. The van der Waals surface area contributed by atoms with E-state index in [1.807, 2.05) is 6.92 Å². The zero-order valence-corrected chi connectivity index (χ0v) is 15.0. The van der Waals surface area contributed by atoms with Gasteiger partial charge in [-0.05, 0) is 56.5 Å². The van der Waals surface area contributed by atoms with Crippen LogP contribution in [0.4, 0.5) is 17.3 Å². The van der Waals surface area contributed by atoms with E-state index in [0.717, 1.165) is 24.2 Å². The van der Waals surface area contributed by atoms with Crippen LogP contribution in [0.2, 0.25) is 0 Å². The van der Waals surface area contributed by atoms with Crippen molar-refractivity contribution in [3.05, 3.63) is 52.9 Å². The normalized spacial score (nSPS) is 14.6. The second-order valence-electron chi connectivity index (χ2n) is 6.61. The van der Waals surface area contributed by atoms with Crippen LogP contribution < -0.4 is 15.8 Å². The summed E-state index contributed by atoms with van der Waals surface area (Å²) in [5.74, 6) is 0.496. The minimum Gasteiger partial charge on any atom is -0.372 e. The number of hydrogen-bond acceptors (Lipinski definition) is 5. The van der Waals surface area contributed by atoms with Gasteiger partial charge in [0.1, 0.15) is 5.65 Å². The van der Waals surface area contributed by atoms with Gasteiger partial charge in [0.15, 0.2) is 0 Å². The Bertz CT molecular complexity index is 958. The molecule has 1 aliphatic heterocycles. The molecule has 0 spiro atoms. The highest BCUT2D eigenvalue weighted by molar-refractivity contribution is 5.75. The third-order valence-corrected chi connectivity index (χ3v) is 4.88. The van der Waals surface area contributed by atoms with Gasteiger partial charge in [0.2, 0.25) is 5.95 Å². The molecule has 0 saturated carbocycles. The Morgan fingerprint density at radius 2 is 1.81 bits per heavy atom. The number of pyridine rings is 1. The number of aryl methyl sites for hydroxylation is 1. The molecule has 0 aliphatic carbocycles. The van der Waals surface area contributed by atoms with E-state index in [2.05, 4.69) is 44.5 Å². The van der Waals surface area contributed by atoms with E-state index < -0.39 is 0 Å². The Balaban J connectivity index is 1.57. The number of piperidine rings is 1. The predicted molar refractivity (Wildman–Crippen MR) is 105 cm³/mol. The van der Waals surface area contributed by atoms with Crippen LogP contribution in [-0.2, 0) is 6.54 Å². The number of benzene rings is 1. The van der Waals surface area contributed by atoms with Crippen LogP contribution in [0, 0.1) is 0 Å². The number of nitrogens with zero attached hydrogens (tertiary/aromatic N) is 4. The van der Waals surface area contributed by atoms with Gasteiger partial charge < -0.3 is 10.2 Å². The van der Waals surface area contributed by atoms with Gasteiger partial charge in [-0.15, -0.1) is 0 Å². The summed E-state index contributed by atoms with van der Waals surface area (Å²) in [6.45, 7) is 4.79. The summed E-state index contributed by atoms with van der Waals surface area (Å²) in [5, 5.41) is 4.10. The fraction of sp³-hybridized carbons (Fsp3) is 0.350. The van der Waals surface area contributed by atoms with E-state index in [1.165, 1.54) is 24.9 Å². The largest absolute Gasteiger partial charge is 0.372 e. The molecule has 134 valence electrons. The summed E-state index contributed by atoms with van der Waals surface area (Å²) in [7, 11) is 0. The third kappa shape index (κ3) is 3.27. The molecule has 3 aromatic rings. The molecule has 0 amide bonds. The average molecular weight is 349 g/mol. The zero-order chi connectivity index (χ0) is 17.9. The van der Waals surface area contributed by atoms with E-state index in [0.29, 0.717) is 18.1 Å². The lowest BCUT2D eigenvalue weighted by atomic mass is 10.1. The molecule has 6 heteroatoms. The molecule has 0 atom stereocenters. The van der Waals surface area contributed by atoms with E-state index in [4.69, 9.17) is 0 Å². The second kappa shape index (κ2) is 7.15. The molecule has 4 rings (SSSR count). The van der Waals surface area contributed by atoms with Crippen molar-refractivity contribution in [2.24, 2.45) is 0 Å². The lowest BCUT2D eigenvalue weighted by Crippen LogP contribution is -2.29. The van der Waals surface area contributed by atoms with Crippen molar-refractivity contribution in [1.29, 1.82) is 0 Å². The van der Waals surface area contributed by atoms with Gasteiger partial charge in [0.05, 0.1) is 0 Å². The van der Waals surface area contributed by atoms with Crippen molar-refractivity contribution >= 4 is 28.4 Å². The van der Waals surface area contributed by atoms with Crippen LogP contribution in [0.1, 0.15) is 26.2 Å². The number of anilines is 3. The smallest absolute Gasteiger partial charge is 0.252 e. The first kappa shape index (κ1) is 16.6. The molecule has 2 aromatic heterocycles. The second-order valence-corrected chi connectivity index (χ2v) is 6.61. The SMILES string of the molecule is CCn1c(=O)ccc2cnc(Nc3ccc(N4CCCCC4)cc3)nc21. The maximum atomic E-state index is 12.0. The summed E-state index contributed by atoms with van der Waals surface area (Å²) in [4.78, 5) is 23.3. The van der Waals surface area contributed by atoms with E-state index in [-0.39, 0.29) is 5.56 Å². The quantitative estimate of drug-likeness (QED) is 0.780. The molecule has 1 aromatic carbocycles. The number of aromatic nitrogens is 3. The first-order chi connectivity index (χ1) is 12.7. The summed E-state index contributed by atoms with van der Waals surface area (Å²) in [5.41, 5.74) is 2.80. The van der Waals surface area contributed by atoms with Crippen molar-refractivity contribution in [2.75, 3.05) is 23.3 Å². The average Bonchev–Trinajstić information content (AvgIpc) is 2.69. The standard InChI is InChI=1S/C20H23N5O/c1-2-25-18(26)11-6-15-14-21-20(23-19(15)25)22-16-7-9-17(10-8-16)24-12-4-3-5-13-24/h6-11,14H,2-5,12-13H2,1H3,(H,21,22,23). The summed E-state index contributed by atoms with van der Waals surface area (Å²) in [6, 6.07) is 11.7. The van der Waals surface area contributed by atoms with Gasteiger partial charge in [0, 0.05) is 48.7 Å². The van der Waals surface area contributed by atoms with Gasteiger partial charge >= 0.3 is 0 Å². The molecule has 1 fully saturated rings. The molecule has 1 saturated heterocycles. The monoisotopic (exact) mass is 349 g/mol. The summed E-state index contributed by atoms with van der Waals surface area (Å²) in [6.07, 6.45) is 5.62. The van der Waals surface area contributed by atoms with Gasteiger partial charge in [-0.2, -0.15) is 4.98 Å². The van der Waals surface area contributed by atoms with Crippen molar-refractivity contribution in [3.63, 3.8) is 0 Å². The maximum Gasteiger partial charge on any atom is 0.252 e. The van der Waals surface area contributed by atoms with Crippen LogP contribution in [0.5, 0.6) is 0 Å². The first-order valence-electron chi connectivity index (χ1n) is 9.23. The molecule has 1 N–H and O–H groups in total. The molecule has 0 bridgehead atoms. The van der Waals surface area contributed by atoms with Crippen LogP contribution in [0.25, 0.3) is 11.0 Å². The van der Waals surface area contributed by atoms with Gasteiger partial charge in [0.25, 0.3) is 5.56 Å². The number of hydrogen-bond donors (Lipinski definition) is 1. The molecule has 0 unspecified atom stereocenters. The van der Waals surface area contributed by atoms with Gasteiger partial charge in [-0.25, -0.2) is 4.98 Å². The molecular formula is C20H23N5O. The Morgan fingerprint density at radius 3 is 2.54 bits per heavy atom. The van der Waals surface area contributed by atoms with E-state index in [1.54, 1.807) is 22.9 Å². The van der Waals surface area contributed by atoms with Crippen LogP contribution in [0.3, 0.4) is 0 Å². The van der Waals surface area contributed by atoms with E-state index >= 15 is 0 Å². The maximum absolute atomic E-state index is 12.0. The van der Waals surface area contributed by atoms with Gasteiger partial charge in [-0.3, -0.25) is 9.36 Å². The lowest BCUT2D eigenvalue weighted by molar-refractivity contribution is 0.578. The minimum absolute atomic E-state index is 0.0458. The molecular weight excluding hydrogens is 326 g/mol. The van der Waals surface area contributed by atoms with Crippen molar-refractivity contribution in [1.82, 2.24) is 14.5 Å². The topological polar surface area (TPSA) is 63.1 Å². The zero-order valence-electron chi connectivity index (χ0n) is 15.0. The molecule has 6 nitrogen and oxygen atoms in total. The first-order valence-corrected chi connectivity index (χ1v) is 9.23. The third-order valence-electron chi connectivity index (χ3n) is 4.88. The fourth-order valence-electron chi connectivity index (χ4n) is 3.47. The Kier molecular flexibility index (Phi) is 4.56. The van der Waals surface area contributed by atoms with E-state index in [9.17, 15) is 4.79 Å². The number of nitrogens with one attached hydrogen (secondary N) is 1.